The molecule has 7 heteroatoms. The summed E-state index contributed by atoms with van der Waals surface area (Å²) in [5.74, 6) is -0.390. The highest BCUT2D eigenvalue weighted by Gasteiger charge is 2.34. The van der Waals surface area contributed by atoms with Crippen LogP contribution >= 0.6 is 11.6 Å². The van der Waals surface area contributed by atoms with Crippen molar-refractivity contribution in [2.45, 2.75) is 38.9 Å². The third-order valence-electron chi connectivity index (χ3n) is 2.38. The Balaban J connectivity index is 2.10. The summed E-state index contributed by atoms with van der Waals surface area (Å²) < 4.78 is 15.2. The van der Waals surface area contributed by atoms with Gasteiger partial charge >= 0.3 is 12.1 Å². The Morgan fingerprint density at radius 2 is 1.95 bits per heavy atom. The highest BCUT2D eigenvalue weighted by Crippen LogP contribution is 2.17. The molecule has 0 aliphatic carbocycles. The fourth-order valence-electron chi connectivity index (χ4n) is 1.46. The smallest absolute Gasteiger partial charge is 0.410 e. The molecule has 1 heterocycles. The van der Waals surface area contributed by atoms with E-state index in [1.807, 2.05) is 20.8 Å². The number of hydrogen-bond acceptors (Lipinski definition) is 5. The number of esters is 1. The quantitative estimate of drug-likeness (QED) is 0.571. The topological polar surface area (TPSA) is 65.1 Å². The lowest BCUT2D eigenvalue weighted by Gasteiger charge is -2.39. The van der Waals surface area contributed by atoms with Gasteiger partial charge in [0.1, 0.15) is 5.60 Å². The van der Waals surface area contributed by atoms with Crippen LogP contribution in [0.3, 0.4) is 0 Å². The van der Waals surface area contributed by atoms with Gasteiger partial charge in [-0.15, -0.1) is 0 Å². The number of ether oxygens (including phenoxy) is 3. The summed E-state index contributed by atoms with van der Waals surface area (Å²) in [4.78, 5) is 24.2. The number of alkyl halides is 1. The first-order valence-corrected chi connectivity index (χ1v) is 6.66. The minimum absolute atomic E-state index is 0.0451. The molecule has 0 bridgehead atoms. The first-order valence-electron chi connectivity index (χ1n) is 6.13. The summed E-state index contributed by atoms with van der Waals surface area (Å²) >= 11 is 5.24. The van der Waals surface area contributed by atoms with Crippen LogP contribution in [-0.4, -0.2) is 54.4 Å². The molecule has 1 amide bonds. The lowest BCUT2D eigenvalue weighted by molar-refractivity contribution is -0.144. The summed E-state index contributed by atoms with van der Waals surface area (Å²) in [7, 11) is 0. The number of carbonyl (C=O) groups excluding carboxylic acids is 2. The molecule has 1 fully saturated rings. The predicted molar refractivity (Wildman–Crippen MR) is 69.0 cm³/mol. The van der Waals surface area contributed by atoms with Gasteiger partial charge < -0.3 is 19.1 Å². The Labute approximate surface area is 117 Å². The second-order valence-electron chi connectivity index (χ2n) is 5.25. The maximum atomic E-state index is 11.6. The fraction of sp³-hybridized carbons (Fsp3) is 0.833. The molecule has 1 aliphatic heterocycles. The van der Waals surface area contributed by atoms with Crippen molar-refractivity contribution < 1.29 is 23.8 Å². The molecule has 19 heavy (non-hydrogen) atoms. The molecule has 1 rings (SSSR count). The summed E-state index contributed by atoms with van der Waals surface area (Å²) in [6.07, 6.45) is -0.222. The summed E-state index contributed by atoms with van der Waals surface area (Å²) in [6, 6.07) is -0.144. The van der Waals surface area contributed by atoms with Crippen molar-refractivity contribution >= 4 is 23.7 Å². The molecule has 1 aliphatic rings. The summed E-state index contributed by atoms with van der Waals surface area (Å²) in [5, 5.41) is 0. The molecule has 6 nitrogen and oxygen atoms in total. The van der Waals surface area contributed by atoms with Gasteiger partial charge in [0.25, 0.3) is 0 Å². The van der Waals surface area contributed by atoms with E-state index in [4.69, 9.17) is 21.1 Å². The Kier molecular flexibility index (Phi) is 5.87. The van der Waals surface area contributed by atoms with E-state index < -0.39 is 11.6 Å². The highest BCUT2D eigenvalue weighted by molar-refractivity contribution is 6.17. The predicted octanol–water partition coefficient (Wildman–Crippen LogP) is 1.75. The number of amides is 1. The maximum absolute atomic E-state index is 11.6. The molecule has 0 atom stereocenters. The van der Waals surface area contributed by atoms with Crippen molar-refractivity contribution in [3.63, 3.8) is 0 Å². The molecular weight excluding hydrogens is 274 g/mol. The minimum Gasteiger partial charge on any atom is -0.449 e. The first-order chi connectivity index (χ1) is 8.81. The van der Waals surface area contributed by atoms with E-state index in [0.717, 1.165) is 0 Å². The molecule has 0 N–H and O–H groups in total. The number of nitrogens with zero attached hydrogens (tertiary/aromatic N) is 1. The molecule has 0 unspecified atom stereocenters. The molecule has 0 aromatic heterocycles. The van der Waals surface area contributed by atoms with Crippen LogP contribution in [0, 0.1) is 0 Å². The van der Waals surface area contributed by atoms with E-state index in [1.54, 1.807) is 4.90 Å². The van der Waals surface area contributed by atoms with Crippen molar-refractivity contribution in [1.29, 1.82) is 0 Å². The largest absolute Gasteiger partial charge is 0.449 e. The van der Waals surface area contributed by atoms with Crippen LogP contribution in [0.1, 0.15) is 27.2 Å². The van der Waals surface area contributed by atoms with Gasteiger partial charge in [0.15, 0.2) is 6.07 Å². The van der Waals surface area contributed by atoms with Gasteiger partial charge in [0.05, 0.1) is 32.2 Å². The normalized spacial score (nSPS) is 15.9. The van der Waals surface area contributed by atoms with Gasteiger partial charge in [-0.2, -0.15) is 0 Å². The Bertz CT molecular complexity index is 323. The van der Waals surface area contributed by atoms with E-state index in [9.17, 15) is 9.59 Å². The van der Waals surface area contributed by atoms with Crippen LogP contribution in [0.15, 0.2) is 0 Å². The van der Waals surface area contributed by atoms with Crippen LogP contribution in [-0.2, 0) is 19.0 Å². The monoisotopic (exact) mass is 293 g/mol. The summed E-state index contributed by atoms with van der Waals surface area (Å²) in [6.45, 7) is 6.70. The first kappa shape index (κ1) is 16.0. The molecule has 0 aromatic rings. The van der Waals surface area contributed by atoms with Crippen molar-refractivity contribution in [1.82, 2.24) is 4.90 Å². The zero-order valence-electron chi connectivity index (χ0n) is 11.5. The van der Waals surface area contributed by atoms with Crippen molar-refractivity contribution in [3.05, 3.63) is 0 Å². The van der Waals surface area contributed by atoms with Crippen LogP contribution in [0.4, 0.5) is 4.79 Å². The summed E-state index contributed by atoms with van der Waals surface area (Å²) in [5.41, 5.74) is -0.492. The number of carbonyl (C=O) groups is 2. The van der Waals surface area contributed by atoms with Gasteiger partial charge in [-0.25, -0.2) is 4.79 Å². The third kappa shape index (κ3) is 6.11. The van der Waals surface area contributed by atoms with Gasteiger partial charge in [0.2, 0.25) is 0 Å². The Morgan fingerprint density at radius 1 is 1.32 bits per heavy atom. The van der Waals surface area contributed by atoms with Crippen LogP contribution in [0.5, 0.6) is 0 Å². The van der Waals surface area contributed by atoms with Crippen LogP contribution in [0.25, 0.3) is 0 Å². The van der Waals surface area contributed by atoms with E-state index in [1.165, 1.54) is 0 Å². The zero-order valence-corrected chi connectivity index (χ0v) is 12.2. The van der Waals surface area contributed by atoms with Crippen molar-refractivity contribution in [2.24, 2.45) is 0 Å². The average Bonchev–Trinajstić information content (AvgIpc) is 2.18. The van der Waals surface area contributed by atoms with Gasteiger partial charge in [-0.05, 0) is 20.8 Å². The number of halogens is 1. The van der Waals surface area contributed by atoms with Gasteiger partial charge in [-0.3, -0.25) is 4.79 Å². The highest BCUT2D eigenvalue weighted by atomic mass is 35.5. The lowest BCUT2D eigenvalue weighted by Crippen LogP contribution is -2.56. The van der Waals surface area contributed by atoms with Crippen LogP contribution < -0.4 is 0 Å². The standard InChI is InChI=1S/C12H20ClNO5/c1-12(2,3)19-11(16)14-6-9(7-14)17-5-4-10(15)18-8-13/h9H,4-8H2,1-3H3. The van der Waals surface area contributed by atoms with E-state index in [2.05, 4.69) is 4.74 Å². The minimum atomic E-state index is -0.492. The van der Waals surface area contributed by atoms with Crippen molar-refractivity contribution in [2.75, 3.05) is 25.8 Å². The van der Waals surface area contributed by atoms with E-state index in [-0.39, 0.29) is 31.3 Å². The third-order valence-corrected chi connectivity index (χ3v) is 2.48. The van der Waals surface area contributed by atoms with Crippen LogP contribution in [0.2, 0.25) is 0 Å². The molecule has 110 valence electrons. The molecule has 0 radical (unpaired) electrons. The Hall–Kier alpha value is -1.01. The maximum Gasteiger partial charge on any atom is 0.410 e. The number of rotatable bonds is 5. The molecule has 1 saturated heterocycles. The van der Waals surface area contributed by atoms with Crippen molar-refractivity contribution in [3.8, 4) is 0 Å². The van der Waals surface area contributed by atoms with E-state index in [0.29, 0.717) is 13.1 Å². The average molecular weight is 294 g/mol. The number of likely N-dealkylation sites (tertiary alicyclic amines) is 1. The second-order valence-corrected chi connectivity index (χ2v) is 5.47. The molecule has 0 saturated carbocycles. The fourth-order valence-corrected chi connectivity index (χ4v) is 1.58. The van der Waals surface area contributed by atoms with Gasteiger partial charge in [0, 0.05) is 0 Å². The zero-order chi connectivity index (χ0) is 14.5. The molecular formula is C12H20ClNO5. The Morgan fingerprint density at radius 3 is 2.47 bits per heavy atom. The molecule has 0 spiro atoms. The SMILES string of the molecule is CC(C)(C)OC(=O)N1CC(OCCC(=O)OCCl)C1. The number of hydrogen-bond donors (Lipinski definition) is 0. The second kappa shape index (κ2) is 6.96. The lowest BCUT2D eigenvalue weighted by atomic mass is 10.2. The van der Waals surface area contributed by atoms with E-state index >= 15 is 0 Å². The van der Waals surface area contributed by atoms with Gasteiger partial charge in [-0.1, -0.05) is 11.6 Å². The molecule has 0 aromatic carbocycles.